The van der Waals surface area contributed by atoms with Gasteiger partial charge in [-0.25, -0.2) is 0 Å². The van der Waals surface area contributed by atoms with Crippen LogP contribution in [0.2, 0.25) is 0 Å². The monoisotopic (exact) mass is 516 g/mol. The molecule has 0 aromatic heterocycles. The lowest BCUT2D eigenvalue weighted by atomic mass is 9.75. The van der Waals surface area contributed by atoms with Gasteiger partial charge in [0.25, 0.3) is 5.91 Å². The SMILES string of the molecule is COc1ccc(CCNC(=O)[C@H]2c3cc(OC)c(OC)cc3C(=O)N3CCc4ccccc4[C@H]23)cc1OC. The van der Waals surface area contributed by atoms with Gasteiger partial charge in [0.15, 0.2) is 23.0 Å². The molecule has 0 spiro atoms. The molecule has 0 unspecified atom stereocenters. The summed E-state index contributed by atoms with van der Waals surface area (Å²) in [6.45, 7) is 0.972. The number of carbonyl (C=O) groups excluding carboxylic acids is 2. The Hall–Kier alpha value is -4.20. The van der Waals surface area contributed by atoms with Crippen LogP contribution in [-0.2, 0) is 17.6 Å². The van der Waals surface area contributed by atoms with Gasteiger partial charge >= 0.3 is 0 Å². The van der Waals surface area contributed by atoms with Gasteiger partial charge in [0, 0.05) is 18.7 Å². The van der Waals surface area contributed by atoms with Gasteiger partial charge in [-0.15, -0.1) is 0 Å². The van der Waals surface area contributed by atoms with Crippen LogP contribution in [0.1, 0.15) is 44.6 Å². The number of amides is 2. The highest BCUT2D eigenvalue weighted by molar-refractivity contribution is 6.02. The Morgan fingerprint density at radius 2 is 1.55 bits per heavy atom. The van der Waals surface area contributed by atoms with Crippen molar-refractivity contribution in [1.82, 2.24) is 10.2 Å². The van der Waals surface area contributed by atoms with Crippen molar-refractivity contribution in [3.8, 4) is 23.0 Å². The molecule has 3 aromatic rings. The number of ether oxygens (including phenoxy) is 4. The van der Waals surface area contributed by atoms with Crippen molar-refractivity contribution in [2.75, 3.05) is 41.5 Å². The van der Waals surface area contributed by atoms with E-state index in [0.29, 0.717) is 53.6 Å². The first kappa shape index (κ1) is 25.4. The van der Waals surface area contributed by atoms with E-state index in [4.69, 9.17) is 18.9 Å². The van der Waals surface area contributed by atoms with Crippen molar-refractivity contribution < 1.29 is 28.5 Å². The van der Waals surface area contributed by atoms with E-state index in [1.165, 1.54) is 7.11 Å². The number of hydrogen-bond donors (Lipinski definition) is 1. The first-order chi connectivity index (χ1) is 18.5. The standard InChI is InChI=1S/C30H32N2O6/c1-35-23-10-9-18(15-24(23)36-2)11-13-31-29(33)27-21-16-25(37-3)26(38-4)17-22(21)30(34)32-14-12-19-7-5-6-8-20(19)28(27)32/h5-10,15-17,27-28H,11-14H2,1-4H3,(H,31,33)/t27-,28+/m0/s1. The second-order valence-corrected chi connectivity index (χ2v) is 9.39. The summed E-state index contributed by atoms with van der Waals surface area (Å²) < 4.78 is 21.8. The second kappa shape index (κ2) is 10.7. The van der Waals surface area contributed by atoms with Crippen molar-refractivity contribution >= 4 is 11.8 Å². The fraction of sp³-hybridized carbons (Fsp3) is 0.333. The molecule has 3 aromatic carbocycles. The summed E-state index contributed by atoms with van der Waals surface area (Å²) in [5.41, 5.74) is 4.30. The minimum atomic E-state index is -0.602. The molecule has 0 aliphatic carbocycles. The molecule has 1 N–H and O–H groups in total. The molecule has 198 valence electrons. The molecule has 0 saturated heterocycles. The smallest absolute Gasteiger partial charge is 0.254 e. The summed E-state index contributed by atoms with van der Waals surface area (Å²) in [4.78, 5) is 29.4. The van der Waals surface area contributed by atoms with Gasteiger partial charge in [-0.1, -0.05) is 30.3 Å². The van der Waals surface area contributed by atoms with E-state index in [1.54, 1.807) is 33.5 Å². The van der Waals surface area contributed by atoms with Crippen LogP contribution >= 0.6 is 0 Å². The second-order valence-electron chi connectivity index (χ2n) is 9.39. The summed E-state index contributed by atoms with van der Waals surface area (Å²) in [6, 6.07) is 16.9. The zero-order valence-electron chi connectivity index (χ0n) is 22.1. The molecule has 0 radical (unpaired) electrons. The van der Waals surface area contributed by atoms with Crippen LogP contribution in [0.25, 0.3) is 0 Å². The average molecular weight is 517 g/mol. The fourth-order valence-electron chi connectivity index (χ4n) is 5.61. The Labute approximate surface area is 222 Å². The Morgan fingerprint density at radius 1 is 0.868 bits per heavy atom. The van der Waals surface area contributed by atoms with Gasteiger partial charge in [0.05, 0.1) is 40.4 Å². The topological polar surface area (TPSA) is 86.3 Å². The number of rotatable bonds is 8. The van der Waals surface area contributed by atoms with E-state index in [0.717, 1.165) is 23.1 Å². The summed E-state index contributed by atoms with van der Waals surface area (Å²) in [6.07, 6.45) is 1.36. The third-order valence-electron chi connectivity index (χ3n) is 7.47. The van der Waals surface area contributed by atoms with Crippen LogP contribution in [-0.4, -0.2) is 58.2 Å². The Morgan fingerprint density at radius 3 is 2.29 bits per heavy atom. The summed E-state index contributed by atoms with van der Waals surface area (Å²) in [7, 11) is 6.29. The van der Waals surface area contributed by atoms with Crippen molar-refractivity contribution in [1.29, 1.82) is 0 Å². The van der Waals surface area contributed by atoms with Crippen molar-refractivity contribution in [2.45, 2.75) is 24.8 Å². The van der Waals surface area contributed by atoms with Crippen LogP contribution in [0.3, 0.4) is 0 Å². The van der Waals surface area contributed by atoms with Gasteiger partial charge in [-0.3, -0.25) is 9.59 Å². The lowest BCUT2D eigenvalue weighted by molar-refractivity contribution is -0.124. The van der Waals surface area contributed by atoms with E-state index >= 15 is 0 Å². The van der Waals surface area contributed by atoms with Gasteiger partial charge in [0.1, 0.15) is 0 Å². The van der Waals surface area contributed by atoms with Crippen LogP contribution in [0.4, 0.5) is 0 Å². The Balaban J connectivity index is 1.49. The van der Waals surface area contributed by atoms with E-state index in [1.807, 2.05) is 41.3 Å². The van der Waals surface area contributed by atoms with E-state index in [-0.39, 0.29) is 11.8 Å². The lowest BCUT2D eigenvalue weighted by Crippen LogP contribution is -2.50. The number of hydrogen-bond acceptors (Lipinski definition) is 6. The maximum atomic E-state index is 13.9. The third kappa shape index (κ3) is 4.40. The Kier molecular flexibility index (Phi) is 7.13. The van der Waals surface area contributed by atoms with E-state index < -0.39 is 12.0 Å². The number of nitrogens with one attached hydrogen (secondary N) is 1. The highest BCUT2D eigenvalue weighted by atomic mass is 16.5. The van der Waals surface area contributed by atoms with Crippen molar-refractivity contribution in [3.05, 3.63) is 82.4 Å². The number of carbonyl (C=O) groups is 2. The maximum Gasteiger partial charge on any atom is 0.254 e. The van der Waals surface area contributed by atoms with Gasteiger partial charge in [-0.05, 0) is 59.4 Å². The zero-order chi connectivity index (χ0) is 26.8. The predicted molar refractivity (Wildman–Crippen MR) is 142 cm³/mol. The highest BCUT2D eigenvalue weighted by Gasteiger charge is 2.46. The first-order valence-electron chi connectivity index (χ1n) is 12.6. The first-order valence-corrected chi connectivity index (χ1v) is 12.6. The lowest BCUT2D eigenvalue weighted by Gasteiger charge is -2.45. The van der Waals surface area contributed by atoms with Crippen LogP contribution in [0.5, 0.6) is 23.0 Å². The Bertz CT molecular complexity index is 1370. The number of nitrogens with zero attached hydrogens (tertiary/aromatic N) is 1. The van der Waals surface area contributed by atoms with Gasteiger partial charge in [-0.2, -0.15) is 0 Å². The largest absolute Gasteiger partial charge is 0.493 e. The minimum absolute atomic E-state index is 0.102. The predicted octanol–water partition coefficient (Wildman–Crippen LogP) is 3.92. The average Bonchev–Trinajstić information content (AvgIpc) is 2.96. The molecule has 8 nitrogen and oxygen atoms in total. The summed E-state index contributed by atoms with van der Waals surface area (Å²) in [5, 5.41) is 3.13. The molecule has 0 saturated carbocycles. The third-order valence-corrected chi connectivity index (χ3v) is 7.47. The molecule has 5 rings (SSSR count). The van der Waals surface area contributed by atoms with Gasteiger partial charge < -0.3 is 29.2 Å². The molecule has 2 atom stereocenters. The quantitative estimate of drug-likeness (QED) is 0.489. The zero-order valence-corrected chi connectivity index (χ0v) is 22.1. The van der Waals surface area contributed by atoms with Crippen molar-refractivity contribution in [3.63, 3.8) is 0 Å². The molecule has 2 amide bonds. The van der Waals surface area contributed by atoms with E-state index in [2.05, 4.69) is 11.4 Å². The molecule has 0 fully saturated rings. The minimum Gasteiger partial charge on any atom is -0.493 e. The van der Waals surface area contributed by atoms with Crippen LogP contribution < -0.4 is 24.3 Å². The molecule has 38 heavy (non-hydrogen) atoms. The number of benzene rings is 3. The van der Waals surface area contributed by atoms with Gasteiger partial charge in [0.2, 0.25) is 5.91 Å². The highest BCUT2D eigenvalue weighted by Crippen LogP contribution is 2.48. The van der Waals surface area contributed by atoms with Crippen LogP contribution in [0, 0.1) is 0 Å². The fourth-order valence-corrected chi connectivity index (χ4v) is 5.61. The molecular weight excluding hydrogens is 484 g/mol. The molecule has 2 aliphatic rings. The van der Waals surface area contributed by atoms with E-state index in [9.17, 15) is 9.59 Å². The number of methoxy groups -OCH3 is 4. The summed E-state index contributed by atoms with van der Waals surface area (Å²) in [5.74, 6) is 1.40. The summed E-state index contributed by atoms with van der Waals surface area (Å²) >= 11 is 0. The molecule has 2 aliphatic heterocycles. The van der Waals surface area contributed by atoms with Crippen LogP contribution in [0.15, 0.2) is 54.6 Å². The van der Waals surface area contributed by atoms with Crippen molar-refractivity contribution in [2.24, 2.45) is 0 Å². The maximum absolute atomic E-state index is 13.9. The normalized spacial score (nSPS) is 17.6. The molecule has 8 heteroatoms. The molecular formula is C30H32N2O6. The molecule has 0 bridgehead atoms. The molecule has 2 heterocycles. The number of fused-ring (bicyclic) bond motifs is 4.